The summed E-state index contributed by atoms with van der Waals surface area (Å²) < 4.78 is 20.7. The SMILES string of the molecule is Cc1c(-c2cccc[n+]2C)sc2ccccc12.Cc1cccc2ccc3ccc[n+](C)c3c12.Cc1ccccc1-c1cccc[n+]1C.Cc1ccccc1C1=[N+](C)C2C=CC=CC2O1.Cc1ccccc1C1=[N+](C)C2C=CC=CC2S1.Cc1ccsc1-c1cccc[n+]1C. The molecular weight excluding hydrogens is 1210 g/mol. The molecule has 7 nitrogen and oxygen atoms in total. The number of thioether (sulfide) groups is 1. The molecule has 4 aliphatic rings. The minimum atomic E-state index is 0.152. The van der Waals surface area contributed by atoms with Gasteiger partial charge in [0.2, 0.25) is 33.7 Å². The van der Waals surface area contributed by atoms with Gasteiger partial charge in [-0.05, 0) is 182 Å². The lowest BCUT2D eigenvalue weighted by Gasteiger charge is -2.09. The Morgan fingerprint density at radius 1 is 0.383 bits per heavy atom. The molecule has 0 N–H and O–H groups in total. The van der Waals surface area contributed by atoms with Gasteiger partial charge in [0.15, 0.2) is 36.9 Å². The molecule has 0 saturated heterocycles. The van der Waals surface area contributed by atoms with Crippen LogP contribution in [-0.4, -0.2) is 57.6 Å². The van der Waals surface area contributed by atoms with Crippen LogP contribution < -0.4 is 18.3 Å². The topological polar surface area (TPSA) is 30.8 Å². The van der Waals surface area contributed by atoms with E-state index in [1.165, 1.54) is 114 Å². The number of hydrogen-bond donors (Lipinski definition) is 0. The van der Waals surface area contributed by atoms with Crippen LogP contribution in [0.1, 0.15) is 44.5 Å². The summed E-state index contributed by atoms with van der Waals surface area (Å²) >= 11 is 5.64. The minimum Gasteiger partial charge on any atom is -0.429 e. The van der Waals surface area contributed by atoms with Gasteiger partial charge in [-0.3, -0.25) is 0 Å². The summed E-state index contributed by atoms with van der Waals surface area (Å²) in [4.78, 5) is 2.73. The quantitative estimate of drug-likeness (QED) is 0.127. The number of pyridine rings is 4. The number of nitrogens with zero attached hydrogens (tertiary/aromatic N) is 6. The van der Waals surface area contributed by atoms with Crippen molar-refractivity contribution >= 4 is 77.1 Å². The highest BCUT2D eigenvalue weighted by Gasteiger charge is 2.41. The zero-order valence-electron chi connectivity index (χ0n) is 56.2. The Labute approximate surface area is 568 Å². The van der Waals surface area contributed by atoms with Crippen molar-refractivity contribution < 1.29 is 32.2 Å². The number of benzene rings is 6. The highest BCUT2D eigenvalue weighted by atomic mass is 32.2. The van der Waals surface area contributed by atoms with E-state index in [-0.39, 0.29) is 6.10 Å². The molecule has 6 aromatic heterocycles. The van der Waals surface area contributed by atoms with Crippen LogP contribution in [0.15, 0.2) is 279 Å². The standard InChI is InChI=1S/C15H16NO.C15H14NS.C15H16NS.C15H14N.C13H14N.C11H12NS/c1-11-7-3-4-8-12(11)15-16(2)13-9-5-6-10-14(13)17-15;1-11-12-7-3-4-9-14(12)17-15(11)13-8-5-6-10-16(13)2;1-11-7-3-4-8-12(11)15-16(2)13-9-5-6-10-14(13)17-15;1-11-5-3-6-12-8-9-13-7-4-10-16(2)15(13)14(11)12;1-11-7-3-4-8-12(11)13-9-5-6-10-14(13)2;1-9-6-8-13-11(9)10-5-3-4-7-12(10)2/h3-10,13-14H,1-2H3;3-10H,1-2H3;3-10,13-14H,1-2H3;3-10H,1-2H3;3-10H,1-2H3;3-8H,1-2H3/q6*+1. The Balaban J connectivity index is 0.000000115. The van der Waals surface area contributed by atoms with Gasteiger partial charge in [0.25, 0.3) is 0 Å². The summed E-state index contributed by atoms with van der Waals surface area (Å²) in [6.45, 7) is 13.0. The monoisotopic (exact) mass is 1290 g/mol. The number of aromatic nitrogens is 4. The molecule has 4 unspecified atom stereocenters. The molecule has 16 rings (SSSR count). The van der Waals surface area contributed by atoms with Crippen molar-refractivity contribution in [3.8, 4) is 32.4 Å². The van der Waals surface area contributed by atoms with Gasteiger partial charge in [-0.25, -0.2) is 22.8 Å². The number of thiophene rings is 2. The number of likely N-dealkylation sites (N-methyl/N-ethyl adjacent to an activating group) is 2. The van der Waals surface area contributed by atoms with Crippen LogP contribution in [-0.2, 0) is 32.9 Å². The molecule has 2 aliphatic heterocycles. The summed E-state index contributed by atoms with van der Waals surface area (Å²) in [6.07, 6.45) is 25.9. The first-order valence-corrected chi connectivity index (χ1v) is 34.8. The van der Waals surface area contributed by atoms with Crippen LogP contribution in [0.2, 0.25) is 0 Å². The molecule has 8 heterocycles. The maximum atomic E-state index is 6.05. The van der Waals surface area contributed by atoms with E-state index in [0.29, 0.717) is 17.3 Å². The number of fused-ring (bicyclic) bond motifs is 6. The van der Waals surface area contributed by atoms with Crippen molar-refractivity contribution in [1.82, 2.24) is 0 Å². The van der Waals surface area contributed by atoms with Crippen LogP contribution in [0.3, 0.4) is 0 Å². The first-order chi connectivity index (χ1) is 45.7. The number of rotatable bonds is 5. The largest absolute Gasteiger partial charge is 0.429 e. The van der Waals surface area contributed by atoms with E-state index in [4.69, 9.17) is 4.74 Å². The predicted octanol–water partition coefficient (Wildman–Crippen LogP) is 17.1. The highest BCUT2D eigenvalue weighted by molar-refractivity contribution is 8.15. The molecule has 0 fully saturated rings. The van der Waals surface area contributed by atoms with Crippen LogP contribution in [0, 0.1) is 41.5 Å². The lowest BCUT2D eigenvalue weighted by atomic mass is 10.0. The zero-order valence-corrected chi connectivity index (χ0v) is 58.6. The van der Waals surface area contributed by atoms with Crippen molar-refractivity contribution in [1.29, 1.82) is 0 Å². The second-order valence-electron chi connectivity index (χ2n) is 24.3. The molecule has 0 amide bonds. The second-order valence-corrected chi connectivity index (χ2v) is 27.5. The van der Waals surface area contributed by atoms with Crippen molar-refractivity contribution in [2.24, 2.45) is 28.2 Å². The normalized spacial score (nSPS) is 16.3. The molecule has 6 aromatic carbocycles. The number of aryl methyl sites for hydroxylation is 10. The Bertz CT molecular complexity index is 4680. The second kappa shape index (κ2) is 30.5. The molecular formula is C84H86N6OS3+6. The molecule has 2 aliphatic carbocycles. The maximum absolute atomic E-state index is 6.05. The van der Waals surface area contributed by atoms with Gasteiger partial charge < -0.3 is 4.74 Å². The minimum absolute atomic E-state index is 0.152. The van der Waals surface area contributed by atoms with E-state index < -0.39 is 0 Å². The van der Waals surface area contributed by atoms with Crippen molar-refractivity contribution in [3.05, 3.63) is 323 Å². The molecule has 470 valence electrons. The molecule has 0 bridgehead atoms. The highest BCUT2D eigenvalue weighted by Crippen LogP contribution is 2.37. The predicted molar refractivity (Wildman–Crippen MR) is 397 cm³/mol. The van der Waals surface area contributed by atoms with Gasteiger partial charge in [-0.1, -0.05) is 127 Å². The molecule has 0 spiro atoms. The van der Waals surface area contributed by atoms with Crippen molar-refractivity contribution in [2.75, 3.05) is 14.1 Å². The van der Waals surface area contributed by atoms with Crippen LogP contribution in [0.5, 0.6) is 0 Å². The lowest BCUT2D eigenvalue weighted by molar-refractivity contribution is -0.660. The number of allylic oxidation sites excluding steroid dienone is 4. The Kier molecular flexibility index (Phi) is 21.4. The van der Waals surface area contributed by atoms with Crippen molar-refractivity contribution in [3.63, 3.8) is 0 Å². The van der Waals surface area contributed by atoms with Gasteiger partial charge >= 0.3 is 5.90 Å². The fraction of sp³-hybridized carbons (Fsp3) is 0.190. The van der Waals surface area contributed by atoms with Crippen LogP contribution >= 0.6 is 34.4 Å². The van der Waals surface area contributed by atoms with E-state index in [9.17, 15) is 0 Å². The fourth-order valence-electron chi connectivity index (χ4n) is 12.6. The summed E-state index contributed by atoms with van der Waals surface area (Å²) in [7, 11) is 12.6. The van der Waals surface area contributed by atoms with Gasteiger partial charge in [0.05, 0.1) is 21.8 Å². The molecule has 10 heteroatoms. The summed E-state index contributed by atoms with van der Waals surface area (Å²) in [5.41, 5.74) is 17.0. The number of hydrogen-bond acceptors (Lipinski definition) is 4. The number of ether oxygens (including phenoxy) is 1. The smallest absolute Gasteiger partial charge is 0.371 e. The molecule has 0 radical (unpaired) electrons. The summed E-state index contributed by atoms with van der Waals surface area (Å²) in [6, 6.07) is 71.0. The third kappa shape index (κ3) is 14.8. The Hall–Kier alpha value is -9.45. The van der Waals surface area contributed by atoms with E-state index in [1.54, 1.807) is 11.3 Å². The molecule has 4 atom stereocenters. The maximum Gasteiger partial charge on any atom is 0.371 e. The average molecular weight is 1290 g/mol. The van der Waals surface area contributed by atoms with E-state index in [1.807, 2.05) is 35.2 Å². The van der Waals surface area contributed by atoms with Gasteiger partial charge in [0, 0.05) is 58.1 Å². The summed E-state index contributed by atoms with van der Waals surface area (Å²) in [5, 5.41) is 9.45. The van der Waals surface area contributed by atoms with Crippen molar-refractivity contribution in [2.45, 2.75) is 65.0 Å². The first kappa shape index (κ1) is 66.0. The molecule has 0 saturated carbocycles. The van der Waals surface area contributed by atoms with Crippen LogP contribution in [0.4, 0.5) is 0 Å². The third-order valence-corrected chi connectivity index (χ3v) is 21.6. The van der Waals surface area contributed by atoms with E-state index in [0.717, 1.165) is 5.90 Å². The average Bonchev–Trinajstić information content (AvgIpc) is 0.843. The molecule has 94 heavy (non-hydrogen) atoms. The first-order valence-electron chi connectivity index (χ1n) is 32.2. The summed E-state index contributed by atoms with van der Waals surface area (Å²) in [5.74, 6) is 0.981. The van der Waals surface area contributed by atoms with Gasteiger partial charge in [-0.15, -0.1) is 22.7 Å². The zero-order chi connectivity index (χ0) is 65.8. The van der Waals surface area contributed by atoms with Crippen LogP contribution in [0.25, 0.3) is 64.2 Å². The van der Waals surface area contributed by atoms with Gasteiger partial charge in [-0.2, -0.15) is 4.58 Å². The van der Waals surface area contributed by atoms with Gasteiger partial charge in [0.1, 0.15) is 52.0 Å². The lowest BCUT2D eigenvalue weighted by Crippen LogP contribution is -2.30. The van der Waals surface area contributed by atoms with E-state index >= 15 is 0 Å². The Morgan fingerprint density at radius 2 is 0.904 bits per heavy atom. The molecule has 12 aromatic rings. The van der Waals surface area contributed by atoms with E-state index in [2.05, 4.69) is 378 Å². The fourth-order valence-corrected chi connectivity index (χ4v) is 16.3. The third-order valence-electron chi connectivity index (χ3n) is 17.8. The Morgan fingerprint density at radius 3 is 1.51 bits per heavy atom.